The summed E-state index contributed by atoms with van der Waals surface area (Å²) in [6.07, 6.45) is 0. The van der Waals surface area contributed by atoms with Crippen molar-refractivity contribution in [1.29, 1.82) is 0 Å². The summed E-state index contributed by atoms with van der Waals surface area (Å²) in [5, 5.41) is 5.54. The quantitative estimate of drug-likeness (QED) is 0.803. The number of halogens is 1. The summed E-state index contributed by atoms with van der Waals surface area (Å²) >= 11 is 0. The predicted molar refractivity (Wildman–Crippen MR) is 98.4 cm³/mol. The number of rotatable bonds is 7. The highest BCUT2D eigenvalue weighted by Gasteiger charge is 2.08. The number of benzene rings is 2. The predicted octanol–water partition coefficient (Wildman–Crippen LogP) is 3.75. The van der Waals surface area contributed by atoms with Gasteiger partial charge in [-0.25, -0.2) is 9.18 Å². The molecule has 2 N–H and O–H groups in total. The molecule has 2 amide bonds. The van der Waals surface area contributed by atoms with Gasteiger partial charge < -0.3 is 20.3 Å². The number of anilines is 2. The summed E-state index contributed by atoms with van der Waals surface area (Å²) in [7, 11) is 3.56. The molecule has 134 valence electrons. The maximum absolute atomic E-state index is 14.0. The summed E-state index contributed by atoms with van der Waals surface area (Å²) in [6.45, 7) is 3.20. The molecule has 0 aliphatic heterocycles. The number of nitrogens with zero attached hydrogens (tertiary/aromatic N) is 1. The van der Waals surface area contributed by atoms with Crippen LogP contribution in [0, 0.1) is 5.82 Å². The molecule has 0 atom stereocenters. The minimum Gasteiger partial charge on any atom is -0.377 e. The van der Waals surface area contributed by atoms with Gasteiger partial charge in [-0.15, -0.1) is 0 Å². The Hall–Kier alpha value is -2.60. The number of carbonyl (C=O) groups is 1. The van der Waals surface area contributed by atoms with Gasteiger partial charge in [-0.1, -0.05) is 24.3 Å². The summed E-state index contributed by atoms with van der Waals surface area (Å²) in [6, 6.07) is 12.0. The van der Waals surface area contributed by atoms with Gasteiger partial charge in [-0.05, 0) is 30.7 Å². The van der Waals surface area contributed by atoms with E-state index in [4.69, 9.17) is 4.74 Å². The van der Waals surface area contributed by atoms with E-state index in [-0.39, 0.29) is 18.4 Å². The first kappa shape index (κ1) is 18.7. The Balaban J connectivity index is 1.94. The Bertz CT molecular complexity index is 720. The van der Waals surface area contributed by atoms with Crippen molar-refractivity contribution in [1.82, 2.24) is 5.32 Å². The van der Waals surface area contributed by atoms with Gasteiger partial charge in [0, 0.05) is 38.5 Å². The monoisotopic (exact) mass is 345 g/mol. The number of hydrogen-bond donors (Lipinski definition) is 2. The van der Waals surface area contributed by atoms with Crippen molar-refractivity contribution in [2.45, 2.75) is 20.1 Å². The first-order chi connectivity index (χ1) is 12.0. The lowest BCUT2D eigenvalue weighted by Crippen LogP contribution is -2.28. The van der Waals surface area contributed by atoms with Crippen molar-refractivity contribution < 1.29 is 13.9 Å². The van der Waals surface area contributed by atoms with E-state index in [1.165, 1.54) is 6.07 Å². The Morgan fingerprint density at radius 1 is 1.20 bits per heavy atom. The molecule has 0 fully saturated rings. The summed E-state index contributed by atoms with van der Waals surface area (Å²) in [5.41, 5.74) is 2.81. The molecule has 0 aromatic heterocycles. The molecule has 0 bridgehead atoms. The van der Waals surface area contributed by atoms with Gasteiger partial charge in [0.2, 0.25) is 0 Å². The van der Waals surface area contributed by atoms with Crippen LogP contribution in [0.1, 0.15) is 18.1 Å². The Morgan fingerprint density at radius 2 is 1.96 bits per heavy atom. The zero-order valence-corrected chi connectivity index (χ0v) is 14.8. The van der Waals surface area contributed by atoms with Crippen LogP contribution >= 0.6 is 0 Å². The van der Waals surface area contributed by atoms with Crippen molar-refractivity contribution in [3.63, 3.8) is 0 Å². The number of nitrogens with one attached hydrogen (secondary N) is 2. The zero-order chi connectivity index (χ0) is 18.2. The molecular formula is C19H24FN3O2. The number of carbonyl (C=O) groups excluding carboxylic acids is 1. The first-order valence-corrected chi connectivity index (χ1v) is 8.17. The number of hydrogen-bond acceptors (Lipinski definition) is 3. The Morgan fingerprint density at radius 3 is 2.64 bits per heavy atom. The van der Waals surface area contributed by atoms with Crippen LogP contribution in [-0.2, 0) is 17.9 Å². The van der Waals surface area contributed by atoms with Crippen LogP contribution in [0.3, 0.4) is 0 Å². The molecule has 5 nitrogen and oxygen atoms in total. The molecule has 0 spiro atoms. The Labute approximate surface area is 147 Å². The third-order valence-electron chi connectivity index (χ3n) is 3.67. The van der Waals surface area contributed by atoms with Gasteiger partial charge in [0.15, 0.2) is 0 Å². The lowest BCUT2D eigenvalue weighted by Gasteiger charge is -2.15. The van der Waals surface area contributed by atoms with Crippen molar-refractivity contribution in [2.24, 2.45) is 0 Å². The van der Waals surface area contributed by atoms with Crippen LogP contribution in [0.5, 0.6) is 0 Å². The second-order valence-corrected chi connectivity index (χ2v) is 5.78. The summed E-state index contributed by atoms with van der Waals surface area (Å²) in [5.74, 6) is -0.313. The fourth-order valence-electron chi connectivity index (χ4n) is 2.35. The van der Waals surface area contributed by atoms with Gasteiger partial charge in [0.05, 0.1) is 12.3 Å². The molecule has 25 heavy (non-hydrogen) atoms. The lowest BCUT2D eigenvalue weighted by atomic mass is 10.2. The lowest BCUT2D eigenvalue weighted by molar-refractivity contribution is 0.134. The molecule has 2 aromatic carbocycles. The van der Waals surface area contributed by atoms with Crippen LogP contribution in [0.25, 0.3) is 0 Å². The minimum atomic E-state index is -0.346. The van der Waals surface area contributed by atoms with Crippen molar-refractivity contribution >= 4 is 17.4 Å². The highest BCUT2D eigenvalue weighted by atomic mass is 19.1. The highest BCUT2D eigenvalue weighted by molar-refractivity contribution is 5.90. The van der Waals surface area contributed by atoms with E-state index in [0.29, 0.717) is 30.2 Å². The molecule has 0 aliphatic rings. The van der Waals surface area contributed by atoms with Gasteiger partial charge in [-0.3, -0.25) is 0 Å². The van der Waals surface area contributed by atoms with Crippen molar-refractivity contribution in [3.05, 3.63) is 59.4 Å². The average Bonchev–Trinajstić information content (AvgIpc) is 2.59. The number of para-hydroxylation sites is 1. The van der Waals surface area contributed by atoms with E-state index >= 15 is 0 Å². The van der Waals surface area contributed by atoms with Crippen molar-refractivity contribution in [2.75, 3.05) is 30.9 Å². The molecule has 0 unspecified atom stereocenters. The molecule has 2 rings (SSSR count). The topological polar surface area (TPSA) is 53.6 Å². The van der Waals surface area contributed by atoms with Gasteiger partial charge in [0.25, 0.3) is 0 Å². The summed E-state index contributed by atoms with van der Waals surface area (Å²) in [4.78, 5) is 13.8. The number of urea groups is 1. The molecule has 2 aromatic rings. The molecular weight excluding hydrogens is 321 g/mol. The SMILES string of the molecule is CCOCc1ccccc1NC(=O)NCc1ccc(N(C)C)c(F)c1. The summed E-state index contributed by atoms with van der Waals surface area (Å²) < 4.78 is 19.4. The zero-order valence-electron chi connectivity index (χ0n) is 14.8. The van der Waals surface area contributed by atoms with Gasteiger partial charge in [0.1, 0.15) is 5.82 Å². The highest BCUT2D eigenvalue weighted by Crippen LogP contribution is 2.18. The van der Waals surface area contributed by atoms with Crippen LogP contribution < -0.4 is 15.5 Å². The second kappa shape index (κ2) is 9.03. The van der Waals surface area contributed by atoms with Crippen LogP contribution in [0.2, 0.25) is 0 Å². The number of ether oxygens (including phenoxy) is 1. The Kier molecular flexibility index (Phi) is 6.77. The molecule has 0 saturated heterocycles. The maximum Gasteiger partial charge on any atom is 0.319 e. The van der Waals surface area contributed by atoms with Gasteiger partial charge in [-0.2, -0.15) is 0 Å². The minimum absolute atomic E-state index is 0.240. The largest absolute Gasteiger partial charge is 0.377 e. The molecule has 0 aliphatic carbocycles. The van der Waals surface area contributed by atoms with E-state index in [1.54, 1.807) is 31.1 Å². The van der Waals surface area contributed by atoms with E-state index in [1.807, 2.05) is 31.2 Å². The van der Waals surface area contributed by atoms with Crippen LogP contribution in [-0.4, -0.2) is 26.7 Å². The van der Waals surface area contributed by atoms with E-state index in [0.717, 1.165) is 5.56 Å². The van der Waals surface area contributed by atoms with Crippen LogP contribution in [0.4, 0.5) is 20.6 Å². The molecule has 0 heterocycles. The average molecular weight is 345 g/mol. The standard InChI is InChI=1S/C19H24FN3O2/c1-4-25-13-15-7-5-6-8-17(15)22-19(24)21-12-14-9-10-18(23(2)3)16(20)11-14/h5-11H,4,12-13H2,1-3H3,(H2,21,22,24). The van der Waals surface area contributed by atoms with E-state index < -0.39 is 0 Å². The molecule has 0 radical (unpaired) electrons. The number of amides is 2. The first-order valence-electron chi connectivity index (χ1n) is 8.17. The van der Waals surface area contributed by atoms with E-state index in [9.17, 15) is 9.18 Å². The normalized spacial score (nSPS) is 10.4. The molecule has 0 saturated carbocycles. The smallest absolute Gasteiger partial charge is 0.319 e. The van der Waals surface area contributed by atoms with Gasteiger partial charge >= 0.3 is 6.03 Å². The third kappa shape index (κ3) is 5.46. The fraction of sp³-hybridized carbons (Fsp3) is 0.316. The maximum atomic E-state index is 14.0. The van der Waals surface area contributed by atoms with Crippen molar-refractivity contribution in [3.8, 4) is 0 Å². The second-order valence-electron chi connectivity index (χ2n) is 5.78. The fourth-order valence-corrected chi connectivity index (χ4v) is 2.35. The molecule has 6 heteroatoms. The van der Waals surface area contributed by atoms with Crippen LogP contribution in [0.15, 0.2) is 42.5 Å². The third-order valence-corrected chi connectivity index (χ3v) is 3.67. The van der Waals surface area contributed by atoms with E-state index in [2.05, 4.69) is 10.6 Å².